The molecule has 8 heteroatoms. The van der Waals surface area contributed by atoms with Gasteiger partial charge in [0.25, 0.3) is 5.91 Å². The predicted molar refractivity (Wildman–Crippen MR) is 97.0 cm³/mol. The summed E-state index contributed by atoms with van der Waals surface area (Å²) in [5, 5.41) is 0. The smallest absolute Gasteiger partial charge is 0.261 e. The summed E-state index contributed by atoms with van der Waals surface area (Å²) in [6, 6.07) is 3.77. The lowest BCUT2D eigenvalue weighted by Crippen LogP contribution is -2.38. The van der Waals surface area contributed by atoms with Gasteiger partial charge in [0.2, 0.25) is 0 Å². The Bertz CT molecular complexity index is 687. The van der Waals surface area contributed by atoms with Gasteiger partial charge >= 0.3 is 0 Å². The molecule has 0 N–H and O–H groups in total. The second kappa shape index (κ2) is 7.51. The summed E-state index contributed by atoms with van der Waals surface area (Å²) in [6.07, 6.45) is 0.398. The molecule has 0 aromatic heterocycles. The number of hydrogen-bond acceptors (Lipinski definition) is 7. The molecule has 1 aromatic carbocycles. The van der Waals surface area contributed by atoms with Gasteiger partial charge in [-0.1, -0.05) is 0 Å². The lowest BCUT2D eigenvalue weighted by atomic mass is 10.1. The van der Waals surface area contributed by atoms with E-state index in [-0.39, 0.29) is 30.3 Å². The van der Waals surface area contributed by atoms with Gasteiger partial charge in [0.1, 0.15) is 42.5 Å². The van der Waals surface area contributed by atoms with Crippen LogP contribution in [-0.4, -0.2) is 88.0 Å². The Morgan fingerprint density at radius 3 is 1.71 bits per heavy atom. The van der Waals surface area contributed by atoms with Gasteiger partial charge in [-0.3, -0.25) is 4.79 Å². The minimum Gasteiger partial charge on any atom is -0.490 e. The van der Waals surface area contributed by atoms with Gasteiger partial charge in [0, 0.05) is 13.1 Å². The van der Waals surface area contributed by atoms with Crippen LogP contribution in [0.25, 0.3) is 0 Å². The van der Waals surface area contributed by atoms with E-state index in [2.05, 4.69) is 0 Å². The molecule has 4 heterocycles. The van der Waals surface area contributed by atoms with Crippen molar-refractivity contribution in [3.8, 4) is 11.5 Å². The lowest BCUT2D eigenvalue weighted by molar-refractivity contribution is 0.0719. The Balaban J connectivity index is 1.42. The first-order chi connectivity index (χ1) is 13.7. The van der Waals surface area contributed by atoms with Crippen LogP contribution in [0.1, 0.15) is 15.9 Å². The quantitative estimate of drug-likeness (QED) is 0.515. The zero-order valence-electron chi connectivity index (χ0n) is 15.9. The van der Waals surface area contributed by atoms with Crippen molar-refractivity contribution in [2.24, 2.45) is 0 Å². The van der Waals surface area contributed by atoms with E-state index in [9.17, 15) is 4.79 Å². The molecule has 5 rings (SSSR count). The normalized spacial score (nSPS) is 29.2. The van der Waals surface area contributed by atoms with Gasteiger partial charge in [0.15, 0.2) is 0 Å². The molecular formula is C20H25NO7. The summed E-state index contributed by atoms with van der Waals surface area (Å²) in [7, 11) is 0. The molecule has 4 saturated heterocycles. The number of nitrogens with zero attached hydrogens (tertiary/aromatic N) is 1. The molecule has 0 spiro atoms. The summed E-state index contributed by atoms with van der Waals surface area (Å²) in [4.78, 5) is 15.3. The van der Waals surface area contributed by atoms with Crippen LogP contribution in [0.15, 0.2) is 12.1 Å². The number of carbonyl (C=O) groups is 1. The predicted octanol–water partition coefficient (Wildman–Crippen LogP) is 0.790. The molecule has 4 aliphatic rings. The highest BCUT2D eigenvalue weighted by Gasteiger charge is 2.36. The highest BCUT2D eigenvalue weighted by atomic mass is 16.6. The molecule has 4 fully saturated rings. The molecule has 28 heavy (non-hydrogen) atoms. The van der Waals surface area contributed by atoms with Crippen LogP contribution in [0.2, 0.25) is 0 Å². The zero-order valence-corrected chi connectivity index (χ0v) is 15.9. The molecule has 152 valence electrons. The standard InChI is InChI=1S/C20H25NO7/c1-12-2-17(27-10-15-8-25-15)19(18(3-12)28-11-16-9-26-16)20(22)21(4-13-6-23-13)5-14-7-24-14/h2-3,13-16H,4-11H2,1H3. The maximum Gasteiger partial charge on any atom is 0.261 e. The topological polar surface area (TPSA) is 88.9 Å². The molecule has 0 saturated carbocycles. The van der Waals surface area contributed by atoms with E-state index < -0.39 is 0 Å². The van der Waals surface area contributed by atoms with Crippen molar-refractivity contribution >= 4 is 5.91 Å². The lowest BCUT2D eigenvalue weighted by Gasteiger charge is -2.24. The van der Waals surface area contributed by atoms with Crippen LogP contribution in [0, 0.1) is 6.92 Å². The maximum atomic E-state index is 13.5. The van der Waals surface area contributed by atoms with Crippen molar-refractivity contribution in [3.63, 3.8) is 0 Å². The van der Waals surface area contributed by atoms with Crippen molar-refractivity contribution in [3.05, 3.63) is 23.3 Å². The van der Waals surface area contributed by atoms with E-state index in [1.54, 1.807) is 4.90 Å². The summed E-state index contributed by atoms with van der Waals surface area (Å²) < 4.78 is 33.1. The molecule has 4 aliphatic heterocycles. The summed E-state index contributed by atoms with van der Waals surface area (Å²) in [5.41, 5.74) is 1.42. The Hall–Kier alpha value is -1.87. The number of ether oxygens (including phenoxy) is 6. The molecule has 0 radical (unpaired) electrons. The van der Waals surface area contributed by atoms with Crippen molar-refractivity contribution in [1.82, 2.24) is 4.90 Å². The summed E-state index contributed by atoms with van der Waals surface area (Å²) in [6.45, 7) is 6.67. The average Bonchev–Trinajstić information content (AvgIpc) is 3.53. The van der Waals surface area contributed by atoms with Crippen LogP contribution >= 0.6 is 0 Å². The van der Waals surface area contributed by atoms with Crippen LogP contribution < -0.4 is 9.47 Å². The minimum atomic E-state index is -0.121. The molecule has 0 bridgehead atoms. The van der Waals surface area contributed by atoms with Crippen LogP contribution in [0.4, 0.5) is 0 Å². The number of amides is 1. The second-order valence-electron chi connectivity index (χ2n) is 7.79. The SMILES string of the molecule is Cc1cc(OCC2CO2)c(C(=O)N(CC2CO2)CC2CO2)c(OCC2CO2)c1. The van der Waals surface area contributed by atoms with Gasteiger partial charge in [-0.05, 0) is 24.6 Å². The van der Waals surface area contributed by atoms with Crippen molar-refractivity contribution in [2.45, 2.75) is 31.3 Å². The molecule has 8 nitrogen and oxygen atoms in total. The number of aryl methyl sites for hydroxylation is 1. The first kappa shape index (κ1) is 18.2. The van der Waals surface area contributed by atoms with E-state index >= 15 is 0 Å². The Kier molecular flexibility index (Phi) is 4.88. The van der Waals surface area contributed by atoms with E-state index in [1.165, 1.54) is 0 Å². The van der Waals surface area contributed by atoms with Gasteiger partial charge in [0.05, 0.1) is 38.6 Å². The number of hydrogen-bond donors (Lipinski definition) is 0. The van der Waals surface area contributed by atoms with Crippen LogP contribution in [0.5, 0.6) is 11.5 Å². The van der Waals surface area contributed by atoms with Crippen LogP contribution in [-0.2, 0) is 18.9 Å². The third-order valence-electron chi connectivity index (χ3n) is 5.02. The Morgan fingerprint density at radius 1 is 0.893 bits per heavy atom. The van der Waals surface area contributed by atoms with E-state index in [0.717, 1.165) is 5.56 Å². The summed E-state index contributed by atoms with van der Waals surface area (Å²) in [5.74, 6) is 0.945. The van der Waals surface area contributed by atoms with Crippen molar-refractivity contribution < 1.29 is 33.2 Å². The highest BCUT2D eigenvalue weighted by molar-refractivity contribution is 6.00. The third kappa shape index (κ3) is 4.75. The van der Waals surface area contributed by atoms with Crippen molar-refractivity contribution in [1.29, 1.82) is 0 Å². The fourth-order valence-corrected chi connectivity index (χ4v) is 3.09. The van der Waals surface area contributed by atoms with Crippen LogP contribution in [0.3, 0.4) is 0 Å². The Morgan fingerprint density at radius 2 is 1.32 bits per heavy atom. The molecule has 1 aromatic rings. The maximum absolute atomic E-state index is 13.5. The molecular weight excluding hydrogens is 366 g/mol. The van der Waals surface area contributed by atoms with Gasteiger partial charge in [-0.25, -0.2) is 0 Å². The third-order valence-corrected chi connectivity index (χ3v) is 5.02. The second-order valence-corrected chi connectivity index (χ2v) is 7.79. The monoisotopic (exact) mass is 391 g/mol. The van der Waals surface area contributed by atoms with E-state index in [4.69, 9.17) is 28.4 Å². The zero-order chi connectivity index (χ0) is 19.1. The van der Waals surface area contributed by atoms with E-state index in [0.29, 0.717) is 69.8 Å². The fourth-order valence-electron chi connectivity index (χ4n) is 3.09. The number of epoxide rings is 4. The number of carbonyl (C=O) groups excluding carboxylic acids is 1. The van der Waals surface area contributed by atoms with Gasteiger partial charge in [-0.15, -0.1) is 0 Å². The summed E-state index contributed by atoms with van der Waals surface area (Å²) >= 11 is 0. The van der Waals surface area contributed by atoms with Gasteiger partial charge in [-0.2, -0.15) is 0 Å². The first-order valence-electron chi connectivity index (χ1n) is 9.81. The molecule has 0 aliphatic carbocycles. The average molecular weight is 391 g/mol. The molecule has 1 amide bonds. The fraction of sp³-hybridized carbons (Fsp3) is 0.650. The van der Waals surface area contributed by atoms with E-state index in [1.807, 2.05) is 19.1 Å². The number of rotatable bonds is 11. The Labute approximate surface area is 163 Å². The largest absolute Gasteiger partial charge is 0.490 e. The molecule has 4 atom stereocenters. The number of benzene rings is 1. The minimum absolute atomic E-state index is 0.0987. The van der Waals surface area contributed by atoms with Gasteiger partial charge < -0.3 is 33.3 Å². The first-order valence-corrected chi connectivity index (χ1v) is 9.81. The molecule has 4 unspecified atom stereocenters. The van der Waals surface area contributed by atoms with Crippen molar-refractivity contribution in [2.75, 3.05) is 52.7 Å². The highest BCUT2D eigenvalue weighted by Crippen LogP contribution is 2.34.